The van der Waals surface area contributed by atoms with Crippen molar-refractivity contribution in [2.24, 2.45) is 0 Å². The molecule has 37 heavy (non-hydrogen) atoms. The van der Waals surface area contributed by atoms with Crippen molar-refractivity contribution in [2.75, 3.05) is 24.9 Å². The summed E-state index contributed by atoms with van der Waals surface area (Å²) in [5.74, 6) is -0.441. The van der Waals surface area contributed by atoms with Crippen LogP contribution in [0.15, 0.2) is 109 Å². The Bertz CT molecular complexity index is 1190. The van der Waals surface area contributed by atoms with Gasteiger partial charge in [-0.3, -0.25) is 9.59 Å². The number of hydrogen-bond donors (Lipinski definition) is 2. The summed E-state index contributed by atoms with van der Waals surface area (Å²) < 4.78 is 10.8. The van der Waals surface area contributed by atoms with E-state index >= 15 is 0 Å². The van der Waals surface area contributed by atoms with Gasteiger partial charge in [0, 0.05) is 25.6 Å². The van der Waals surface area contributed by atoms with Gasteiger partial charge in [-0.1, -0.05) is 84.9 Å². The van der Waals surface area contributed by atoms with E-state index in [2.05, 4.69) is 10.6 Å². The molecule has 0 radical (unpaired) electrons. The highest BCUT2D eigenvalue weighted by atomic mass is 16.5. The van der Waals surface area contributed by atoms with Gasteiger partial charge in [-0.2, -0.15) is 0 Å². The van der Waals surface area contributed by atoms with E-state index in [1.54, 1.807) is 0 Å². The van der Waals surface area contributed by atoms with Crippen LogP contribution < -0.4 is 10.6 Å². The summed E-state index contributed by atoms with van der Waals surface area (Å²) in [6, 6.07) is 34.3. The molecule has 0 fully saturated rings. The Morgan fingerprint density at radius 1 is 0.568 bits per heavy atom. The van der Waals surface area contributed by atoms with E-state index in [1.807, 2.05) is 109 Å². The van der Waals surface area contributed by atoms with Gasteiger partial charge in [0.05, 0.1) is 0 Å². The van der Waals surface area contributed by atoms with Crippen LogP contribution in [-0.2, 0) is 25.5 Å². The first-order chi connectivity index (χ1) is 18.1. The maximum Gasteiger partial charge on any atom is 0.258 e. The summed E-state index contributed by atoms with van der Waals surface area (Å²) in [5.41, 5.74) is 5.22. The third-order valence-corrected chi connectivity index (χ3v) is 6.00. The van der Waals surface area contributed by atoms with Crippen molar-refractivity contribution in [1.82, 2.24) is 0 Å². The second-order valence-corrected chi connectivity index (χ2v) is 8.60. The molecule has 2 N–H and O–H groups in total. The number of carbonyl (C=O) groups is 2. The number of carbonyl (C=O) groups excluding carboxylic acids is 2. The summed E-state index contributed by atoms with van der Waals surface area (Å²) in [7, 11) is 3.05. The first kappa shape index (κ1) is 25.8. The highest BCUT2D eigenvalue weighted by Gasteiger charge is 2.21. The lowest BCUT2D eigenvalue weighted by molar-refractivity contribution is -0.126. The molecule has 6 heteroatoms. The summed E-state index contributed by atoms with van der Waals surface area (Å²) >= 11 is 0. The van der Waals surface area contributed by atoms with E-state index in [-0.39, 0.29) is 11.8 Å². The molecule has 0 bridgehead atoms. The van der Waals surface area contributed by atoms with Gasteiger partial charge in [-0.05, 0) is 52.9 Å². The number of amides is 2. The second-order valence-electron chi connectivity index (χ2n) is 8.60. The highest BCUT2D eigenvalue weighted by molar-refractivity contribution is 5.95. The van der Waals surface area contributed by atoms with Crippen molar-refractivity contribution in [2.45, 2.75) is 18.6 Å². The van der Waals surface area contributed by atoms with Crippen LogP contribution in [0, 0.1) is 0 Å². The molecule has 6 nitrogen and oxygen atoms in total. The molecule has 0 unspecified atom stereocenters. The highest BCUT2D eigenvalue weighted by Crippen LogP contribution is 2.22. The molecule has 4 rings (SSSR count). The van der Waals surface area contributed by atoms with Crippen LogP contribution >= 0.6 is 0 Å². The lowest BCUT2D eigenvalue weighted by atomic mass is 10.0. The number of methoxy groups -OCH3 is 2. The lowest BCUT2D eigenvalue weighted by Gasteiger charge is -2.16. The minimum atomic E-state index is -0.674. The van der Waals surface area contributed by atoms with Crippen molar-refractivity contribution in [3.63, 3.8) is 0 Å². The number of rotatable bonds is 10. The van der Waals surface area contributed by atoms with Gasteiger partial charge >= 0.3 is 0 Å². The van der Waals surface area contributed by atoms with Gasteiger partial charge in [0.25, 0.3) is 11.8 Å². The smallest absolute Gasteiger partial charge is 0.258 e. The van der Waals surface area contributed by atoms with E-state index in [9.17, 15) is 9.59 Å². The standard InChI is InChI=1S/C31H30N2O4/c1-36-28(24-9-5-3-6-10-24)30(34)32-26-17-13-22(14-18-26)21-23-15-19-27(20-16-23)33-31(35)29(37-2)25-11-7-4-8-12-25/h3-20,28-29H,21H2,1-2H3,(H,32,34)(H,33,35)/t28-,29-/m0/s1. The molecule has 0 aromatic heterocycles. The van der Waals surface area contributed by atoms with E-state index in [1.165, 1.54) is 14.2 Å². The summed E-state index contributed by atoms with van der Waals surface area (Å²) in [6.45, 7) is 0. The van der Waals surface area contributed by atoms with Gasteiger partial charge in [0.1, 0.15) is 0 Å². The van der Waals surface area contributed by atoms with E-state index in [0.717, 1.165) is 28.7 Å². The molecule has 0 aliphatic carbocycles. The molecular weight excluding hydrogens is 464 g/mol. The maximum atomic E-state index is 12.7. The zero-order valence-electron chi connectivity index (χ0n) is 20.9. The quantitative estimate of drug-likeness (QED) is 0.287. The Labute approximate surface area is 217 Å². The minimum Gasteiger partial charge on any atom is -0.367 e. The van der Waals surface area contributed by atoms with Crippen molar-refractivity contribution in [3.05, 3.63) is 131 Å². The van der Waals surface area contributed by atoms with Crippen LogP contribution in [0.3, 0.4) is 0 Å². The van der Waals surface area contributed by atoms with Crippen LogP contribution in [0.2, 0.25) is 0 Å². The van der Waals surface area contributed by atoms with Gasteiger partial charge in [0.2, 0.25) is 0 Å². The van der Waals surface area contributed by atoms with Gasteiger partial charge < -0.3 is 20.1 Å². The fraction of sp³-hybridized carbons (Fsp3) is 0.161. The molecular formula is C31H30N2O4. The predicted octanol–water partition coefficient (Wildman–Crippen LogP) is 5.93. The number of nitrogens with one attached hydrogen (secondary N) is 2. The fourth-order valence-electron chi connectivity index (χ4n) is 4.11. The molecule has 0 aliphatic heterocycles. The minimum absolute atomic E-state index is 0.220. The van der Waals surface area contributed by atoms with Crippen LogP contribution in [0.25, 0.3) is 0 Å². The van der Waals surface area contributed by atoms with Crippen LogP contribution in [0.5, 0.6) is 0 Å². The Hall–Kier alpha value is -4.26. The second kappa shape index (κ2) is 12.6. The van der Waals surface area contributed by atoms with E-state index in [0.29, 0.717) is 11.4 Å². The van der Waals surface area contributed by atoms with Crippen LogP contribution in [-0.4, -0.2) is 26.0 Å². The zero-order chi connectivity index (χ0) is 26.0. The number of hydrogen-bond acceptors (Lipinski definition) is 4. The van der Waals surface area contributed by atoms with E-state index in [4.69, 9.17) is 9.47 Å². The average Bonchev–Trinajstić information content (AvgIpc) is 2.93. The largest absolute Gasteiger partial charge is 0.367 e. The molecule has 0 spiro atoms. The van der Waals surface area contributed by atoms with Crippen molar-refractivity contribution in [1.29, 1.82) is 0 Å². The number of ether oxygens (including phenoxy) is 2. The maximum absolute atomic E-state index is 12.7. The normalized spacial score (nSPS) is 12.4. The van der Waals surface area contributed by atoms with Crippen LogP contribution in [0.1, 0.15) is 34.5 Å². The first-order valence-electron chi connectivity index (χ1n) is 12.0. The van der Waals surface area contributed by atoms with Crippen molar-refractivity contribution in [3.8, 4) is 0 Å². The Morgan fingerprint density at radius 3 is 1.24 bits per heavy atom. The van der Waals surface area contributed by atoms with Crippen LogP contribution in [0.4, 0.5) is 11.4 Å². The molecule has 0 saturated heterocycles. The van der Waals surface area contributed by atoms with Crippen molar-refractivity contribution >= 4 is 23.2 Å². The van der Waals surface area contributed by atoms with Gasteiger partial charge in [0.15, 0.2) is 12.2 Å². The Balaban J connectivity index is 1.33. The molecule has 188 valence electrons. The lowest BCUT2D eigenvalue weighted by Crippen LogP contribution is -2.22. The van der Waals surface area contributed by atoms with E-state index < -0.39 is 12.2 Å². The fourth-order valence-corrected chi connectivity index (χ4v) is 4.11. The number of benzene rings is 4. The zero-order valence-corrected chi connectivity index (χ0v) is 20.9. The molecule has 0 aliphatic rings. The molecule has 4 aromatic carbocycles. The summed E-state index contributed by atoms with van der Waals surface area (Å²) in [4.78, 5) is 25.4. The summed E-state index contributed by atoms with van der Waals surface area (Å²) in [6.07, 6.45) is -0.629. The topological polar surface area (TPSA) is 76.7 Å². The SMILES string of the molecule is CO[C@H](C(=O)Nc1ccc(Cc2ccc(NC(=O)[C@@H](OC)c3ccccc3)cc2)cc1)c1ccccc1. The molecule has 0 saturated carbocycles. The average molecular weight is 495 g/mol. The first-order valence-corrected chi connectivity index (χ1v) is 12.0. The third kappa shape index (κ3) is 6.91. The van der Waals surface area contributed by atoms with Gasteiger partial charge in [-0.25, -0.2) is 0 Å². The van der Waals surface area contributed by atoms with Crippen molar-refractivity contribution < 1.29 is 19.1 Å². The van der Waals surface area contributed by atoms with Gasteiger partial charge in [-0.15, -0.1) is 0 Å². The Kier molecular flexibility index (Phi) is 8.81. The number of anilines is 2. The third-order valence-electron chi connectivity index (χ3n) is 6.00. The molecule has 0 heterocycles. The molecule has 2 amide bonds. The molecule has 2 atom stereocenters. The molecule has 4 aromatic rings. The Morgan fingerprint density at radius 2 is 0.919 bits per heavy atom. The summed E-state index contributed by atoms with van der Waals surface area (Å²) in [5, 5.41) is 5.84. The predicted molar refractivity (Wildman–Crippen MR) is 145 cm³/mol. The monoisotopic (exact) mass is 494 g/mol.